The first kappa shape index (κ1) is 11.0. The van der Waals surface area contributed by atoms with Gasteiger partial charge in [-0.1, -0.05) is 17.7 Å². The molecule has 0 spiro atoms. The van der Waals surface area contributed by atoms with Crippen molar-refractivity contribution >= 4 is 28.5 Å². The topological polar surface area (TPSA) is 79.1 Å². The minimum absolute atomic E-state index is 0.0877. The SMILES string of the molecule is NC(CC(=O)O)c1c[nH]c2cc(Cl)ccc12. The Hall–Kier alpha value is -1.52. The van der Waals surface area contributed by atoms with Crippen LogP contribution >= 0.6 is 11.6 Å². The number of fused-ring (bicyclic) bond motifs is 1. The highest BCUT2D eigenvalue weighted by atomic mass is 35.5. The number of carboxylic acids is 1. The molecule has 0 radical (unpaired) electrons. The standard InChI is InChI=1S/C11H11ClN2O2/c12-6-1-2-7-8(5-14-10(7)3-6)9(13)4-11(15)16/h1-3,5,9,14H,4,13H2,(H,15,16). The van der Waals surface area contributed by atoms with E-state index in [-0.39, 0.29) is 6.42 Å². The summed E-state index contributed by atoms with van der Waals surface area (Å²) in [6.45, 7) is 0. The number of aromatic amines is 1. The van der Waals surface area contributed by atoms with Crippen LogP contribution in [-0.4, -0.2) is 16.1 Å². The van der Waals surface area contributed by atoms with Gasteiger partial charge in [0.15, 0.2) is 0 Å². The minimum Gasteiger partial charge on any atom is -0.481 e. The van der Waals surface area contributed by atoms with Crippen molar-refractivity contribution in [1.82, 2.24) is 4.98 Å². The van der Waals surface area contributed by atoms with E-state index >= 15 is 0 Å². The quantitative estimate of drug-likeness (QED) is 0.768. The molecular weight excluding hydrogens is 228 g/mol. The van der Waals surface area contributed by atoms with Crippen molar-refractivity contribution in [3.05, 3.63) is 35.0 Å². The third kappa shape index (κ3) is 2.03. The van der Waals surface area contributed by atoms with Crippen molar-refractivity contribution in [3.63, 3.8) is 0 Å². The van der Waals surface area contributed by atoms with E-state index in [2.05, 4.69) is 4.98 Å². The summed E-state index contributed by atoms with van der Waals surface area (Å²) in [6, 6.07) is 4.88. The highest BCUT2D eigenvalue weighted by Gasteiger charge is 2.14. The monoisotopic (exact) mass is 238 g/mol. The maximum Gasteiger partial charge on any atom is 0.305 e. The first-order chi connectivity index (χ1) is 7.58. The number of H-pyrrole nitrogens is 1. The lowest BCUT2D eigenvalue weighted by molar-refractivity contribution is -0.137. The summed E-state index contributed by atoms with van der Waals surface area (Å²) in [5, 5.41) is 10.2. The van der Waals surface area contributed by atoms with Crippen molar-refractivity contribution in [1.29, 1.82) is 0 Å². The van der Waals surface area contributed by atoms with Crippen LogP contribution in [0.3, 0.4) is 0 Å². The molecule has 1 aromatic heterocycles. The summed E-state index contributed by atoms with van der Waals surface area (Å²) >= 11 is 5.85. The van der Waals surface area contributed by atoms with Gasteiger partial charge in [0.1, 0.15) is 0 Å². The number of aliphatic carboxylic acids is 1. The summed E-state index contributed by atoms with van der Waals surface area (Å²) in [5.41, 5.74) is 7.47. The largest absolute Gasteiger partial charge is 0.481 e. The van der Waals surface area contributed by atoms with Crippen molar-refractivity contribution < 1.29 is 9.90 Å². The maximum atomic E-state index is 10.6. The Morgan fingerprint density at radius 1 is 1.56 bits per heavy atom. The number of hydrogen-bond donors (Lipinski definition) is 3. The van der Waals surface area contributed by atoms with E-state index in [1.54, 1.807) is 18.3 Å². The average molecular weight is 239 g/mol. The zero-order valence-corrected chi connectivity index (χ0v) is 9.16. The zero-order valence-electron chi connectivity index (χ0n) is 8.40. The molecule has 1 aromatic carbocycles. The average Bonchev–Trinajstić information content (AvgIpc) is 2.59. The van der Waals surface area contributed by atoms with E-state index < -0.39 is 12.0 Å². The molecule has 4 nitrogen and oxygen atoms in total. The second kappa shape index (κ2) is 4.15. The van der Waals surface area contributed by atoms with Gasteiger partial charge in [0, 0.05) is 28.2 Å². The van der Waals surface area contributed by atoms with Gasteiger partial charge in [0.2, 0.25) is 0 Å². The Balaban J connectivity index is 2.41. The first-order valence-electron chi connectivity index (χ1n) is 4.82. The molecule has 0 saturated heterocycles. The highest BCUT2D eigenvalue weighted by molar-refractivity contribution is 6.31. The molecule has 4 N–H and O–H groups in total. The van der Waals surface area contributed by atoms with Crippen molar-refractivity contribution in [3.8, 4) is 0 Å². The molecule has 0 aliphatic heterocycles. The van der Waals surface area contributed by atoms with E-state index in [9.17, 15) is 4.79 Å². The Morgan fingerprint density at radius 2 is 2.31 bits per heavy atom. The number of aromatic nitrogens is 1. The summed E-state index contributed by atoms with van der Waals surface area (Å²) in [6.07, 6.45) is 1.64. The Morgan fingerprint density at radius 3 is 3.00 bits per heavy atom. The smallest absolute Gasteiger partial charge is 0.305 e. The van der Waals surface area contributed by atoms with Crippen LogP contribution in [0.25, 0.3) is 10.9 Å². The minimum atomic E-state index is -0.907. The maximum absolute atomic E-state index is 10.6. The third-order valence-electron chi connectivity index (χ3n) is 2.47. The normalized spacial score (nSPS) is 12.9. The Kier molecular flexibility index (Phi) is 2.85. The van der Waals surface area contributed by atoms with Crippen LogP contribution in [0.5, 0.6) is 0 Å². The molecule has 2 aromatic rings. The molecule has 0 fully saturated rings. The molecule has 1 unspecified atom stereocenters. The van der Waals surface area contributed by atoms with Crippen LogP contribution in [0.1, 0.15) is 18.0 Å². The highest BCUT2D eigenvalue weighted by Crippen LogP contribution is 2.26. The molecule has 84 valence electrons. The van der Waals surface area contributed by atoms with Crippen LogP contribution < -0.4 is 5.73 Å². The van der Waals surface area contributed by atoms with Crippen LogP contribution in [-0.2, 0) is 4.79 Å². The molecule has 0 aliphatic rings. The number of nitrogens with one attached hydrogen (secondary N) is 1. The summed E-state index contributed by atoms with van der Waals surface area (Å²) < 4.78 is 0. The lowest BCUT2D eigenvalue weighted by atomic mass is 10.0. The van der Waals surface area contributed by atoms with Gasteiger partial charge in [-0.2, -0.15) is 0 Å². The van der Waals surface area contributed by atoms with Gasteiger partial charge in [0.25, 0.3) is 0 Å². The van der Waals surface area contributed by atoms with E-state index in [0.717, 1.165) is 16.5 Å². The number of benzene rings is 1. The van der Waals surface area contributed by atoms with Gasteiger partial charge >= 0.3 is 5.97 Å². The van der Waals surface area contributed by atoms with Crippen LogP contribution in [0.15, 0.2) is 24.4 Å². The predicted octanol–water partition coefficient (Wildman–Crippen LogP) is 2.30. The second-order valence-electron chi connectivity index (χ2n) is 3.64. The van der Waals surface area contributed by atoms with Crippen molar-refractivity contribution in [2.24, 2.45) is 5.73 Å². The van der Waals surface area contributed by atoms with E-state index in [1.165, 1.54) is 0 Å². The van der Waals surface area contributed by atoms with Gasteiger partial charge in [-0.15, -0.1) is 0 Å². The van der Waals surface area contributed by atoms with Crippen LogP contribution in [0.2, 0.25) is 5.02 Å². The molecule has 0 bridgehead atoms. The number of carbonyl (C=O) groups is 1. The molecule has 0 amide bonds. The number of hydrogen-bond acceptors (Lipinski definition) is 2. The van der Waals surface area contributed by atoms with E-state index in [1.807, 2.05) is 6.07 Å². The summed E-state index contributed by atoms with van der Waals surface area (Å²) in [7, 11) is 0. The molecule has 1 atom stereocenters. The second-order valence-corrected chi connectivity index (χ2v) is 4.07. The molecule has 1 heterocycles. The van der Waals surface area contributed by atoms with Crippen LogP contribution in [0, 0.1) is 0 Å². The lowest BCUT2D eigenvalue weighted by Gasteiger charge is -2.07. The van der Waals surface area contributed by atoms with Gasteiger partial charge < -0.3 is 15.8 Å². The Labute approximate surface area is 97.0 Å². The predicted molar refractivity (Wildman–Crippen MR) is 62.5 cm³/mol. The molecule has 5 heteroatoms. The van der Waals surface area contributed by atoms with Gasteiger partial charge in [0.05, 0.1) is 6.42 Å². The van der Waals surface area contributed by atoms with Gasteiger partial charge in [-0.25, -0.2) is 0 Å². The number of carboxylic acid groups (broad SMARTS) is 1. The number of halogens is 1. The third-order valence-corrected chi connectivity index (χ3v) is 2.70. The summed E-state index contributed by atoms with van der Waals surface area (Å²) in [4.78, 5) is 13.6. The van der Waals surface area contributed by atoms with E-state index in [0.29, 0.717) is 5.02 Å². The summed E-state index contributed by atoms with van der Waals surface area (Å²) in [5.74, 6) is -0.907. The fourth-order valence-electron chi connectivity index (χ4n) is 1.73. The molecule has 16 heavy (non-hydrogen) atoms. The molecule has 2 rings (SSSR count). The van der Waals surface area contributed by atoms with E-state index in [4.69, 9.17) is 22.4 Å². The Bertz CT molecular complexity index is 536. The zero-order chi connectivity index (χ0) is 11.7. The van der Waals surface area contributed by atoms with Gasteiger partial charge in [-0.3, -0.25) is 4.79 Å². The van der Waals surface area contributed by atoms with Crippen molar-refractivity contribution in [2.45, 2.75) is 12.5 Å². The fourth-order valence-corrected chi connectivity index (χ4v) is 1.90. The molecule has 0 saturated carbocycles. The van der Waals surface area contributed by atoms with Crippen LogP contribution in [0.4, 0.5) is 0 Å². The van der Waals surface area contributed by atoms with Crippen molar-refractivity contribution in [2.75, 3.05) is 0 Å². The van der Waals surface area contributed by atoms with Gasteiger partial charge in [-0.05, 0) is 17.7 Å². The lowest BCUT2D eigenvalue weighted by Crippen LogP contribution is -2.14. The fraction of sp³-hybridized carbons (Fsp3) is 0.182. The molecule has 0 aliphatic carbocycles. The first-order valence-corrected chi connectivity index (χ1v) is 5.19. The molecular formula is C11H11ClN2O2. The number of nitrogens with two attached hydrogens (primary N) is 1. The number of rotatable bonds is 3.